The summed E-state index contributed by atoms with van der Waals surface area (Å²) in [5.41, 5.74) is 1.42. The van der Waals surface area contributed by atoms with Crippen LogP contribution in [0.4, 0.5) is 5.69 Å². The Morgan fingerprint density at radius 3 is 2.17 bits per heavy atom. The smallest absolute Gasteiger partial charge is 0.264 e. The zero-order chi connectivity index (χ0) is 17.0. The summed E-state index contributed by atoms with van der Waals surface area (Å²) in [5, 5.41) is 11.2. The summed E-state index contributed by atoms with van der Waals surface area (Å²) < 4.78 is 23.8. The molecule has 2 aromatic carbocycles. The maximum Gasteiger partial charge on any atom is 0.264 e. The van der Waals surface area contributed by atoms with Crippen LogP contribution in [0.25, 0.3) is 0 Å². The number of hydrogen-bond acceptors (Lipinski definition) is 5. The molecule has 0 fully saturated rings. The molecule has 0 aliphatic rings. The Kier molecular flexibility index (Phi) is 5.47. The number of nitrogens with zero attached hydrogens (tertiary/aromatic N) is 1. The third-order valence-electron chi connectivity index (χ3n) is 3.74. The predicted molar refractivity (Wildman–Crippen MR) is 93.0 cm³/mol. The van der Waals surface area contributed by atoms with Gasteiger partial charge in [-0.2, -0.15) is 0 Å². The normalized spacial score (nSPS) is 14.8. The summed E-state index contributed by atoms with van der Waals surface area (Å²) >= 11 is 0. The minimum atomic E-state index is -3.50. The van der Waals surface area contributed by atoms with E-state index < -0.39 is 13.2 Å². The topological polar surface area (TPSA) is 59.0 Å². The van der Waals surface area contributed by atoms with E-state index in [1.807, 2.05) is 31.1 Å². The second-order valence-corrected chi connectivity index (χ2v) is 7.87. The van der Waals surface area contributed by atoms with Crippen LogP contribution in [0, 0.1) is 0 Å². The van der Waals surface area contributed by atoms with Crippen molar-refractivity contribution in [3.05, 3.63) is 54.1 Å². The van der Waals surface area contributed by atoms with Crippen LogP contribution in [-0.4, -0.2) is 33.4 Å². The SMILES string of the molecule is COc1ccccc1[C@@H](O)[P@](=O)(OC)c1ccc(N(C)C)cc1. The molecule has 0 aromatic heterocycles. The number of para-hydroxylation sites is 1. The number of benzene rings is 2. The summed E-state index contributed by atoms with van der Waals surface area (Å²) in [4.78, 5) is 1.94. The highest BCUT2D eigenvalue weighted by molar-refractivity contribution is 7.67. The lowest BCUT2D eigenvalue weighted by Crippen LogP contribution is -2.15. The van der Waals surface area contributed by atoms with Gasteiger partial charge in [0.2, 0.25) is 0 Å². The van der Waals surface area contributed by atoms with Crippen LogP contribution in [0.1, 0.15) is 11.4 Å². The van der Waals surface area contributed by atoms with Gasteiger partial charge in [-0.05, 0) is 30.3 Å². The second-order valence-electron chi connectivity index (χ2n) is 5.31. The molecule has 0 aliphatic carbocycles. The molecule has 1 N–H and O–H groups in total. The van der Waals surface area contributed by atoms with Crippen LogP contribution < -0.4 is 14.9 Å². The van der Waals surface area contributed by atoms with E-state index in [1.54, 1.807) is 36.4 Å². The van der Waals surface area contributed by atoms with Gasteiger partial charge in [0.15, 0.2) is 5.85 Å². The molecule has 0 aliphatic heterocycles. The van der Waals surface area contributed by atoms with Crippen molar-refractivity contribution in [3.8, 4) is 5.75 Å². The van der Waals surface area contributed by atoms with Gasteiger partial charge in [-0.25, -0.2) is 0 Å². The molecule has 0 spiro atoms. The molecular weight excluding hydrogens is 313 g/mol. The molecule has 0 heterocycles. The highest BCUT2D eigenvalue weighted by Gasteiger charge is 2.36. The van der Waals surface area contributed by atoms with Crippen LogP contribution in [0.3, 0.4) is 0 Å². The first kappa shape index (κ1) is 17.5. The number of ether oxygens (including phenoxy) is 1. The van der Waals surface area contributed by atoms with Gasteiger partial charge in [0.1, 0.15) is 5.75 Å². The minimum absolute atomic E-state index is 0.442. The Bertz CT molecular complexity index is 700. The number of anilines is 1. The van der Waals surface area contributed by atoms with Crippen molar-refractivity contribution in [2.45, 2.75) is 5.85 Å². The monoisotopic (exact) mass is 335 g/mol. The lowest BCUT2D eigenvalue weighted by molar-refractivity contribution is 0.224. The summed E-state index contributed by atoms with van der Waals surface area (Å²) in [6.45, 7) is 0. The van der Waals surface area contributed by atoms with Crippen molar-refractivity contribution in [2.75, 3.05) is 33.2 Å². The van der Waals surface area contributed by atoms with E-state index in [0.717, 1.165) is 5.69 Å². The van der Waals surface area contributed by atoms with E-state index in [9.17, 15) is 9.67 Å². The molecule has 0 amide bonds. The molecule has 0 saturated carbocycles. The number of hydrogen-bond donors (Lipinski definition) is 1. The van der Waals surface area contributed by atoms with E-state index in [4.69, 9.17) is 9.26 Å². The standard InChI is InChI=1S/C17H22NO4P/c1-18(2)13-9-11-14(12-10-13)23(20,22-4)17(19)15-7-5-6-8-16(15)21-3/h5-12,17,19H,1-4H3/t17-,23+/m0/s1. The molecule has 0 radical (unpaired) electrons. The fraction of sp³-hybridized carbons (Fsp3) is 0.294. The zero-order valence-electron chi connectivity index (χ0n) is 13.8. The lowest BCUT2D eigenvalue weighted by Gasteiger charge is -2.24. The molecule has 5 nitrogen and oxygen atoms in total. The van der Waals surface area contributed by atoms with Gasteiger partial charge in [-0.1, -0.05) is 18.2 Å². The van der Waals surface area contributed by atoms with Crippen molar-refractivity contribution in [1.29, 1.82) is 0 Å². The second kappa shape index (κ2) is 7.18. The molecule has 23 heavy (non-hydrogen) atoms. The van der Waals surface area contributed by atoms with E-state index >= 15 is 0 Å². The molecule has 6 heteroatoms. The first-order valence-corrected chi connectivity index (χ1v) is 8.88. The fourth-order valence-corrected chi connectivity index (χ4v) is 4.20. The van der Waals surface area contributed by atoms with E-state index in [0.29, 0.717) is 16.6 Å². The molecule has 0 bridgehead atoms. The van der Waals surface area contributed by atoms with E-state index in [1.165, 1.54) is 14.2 Å². The molecule has 2 aromatic rings. The Hall–Kier alpha value is -1.81. The third kappa shape index (κ3) is 3.42. The van der Waals surface area contributed by atoms with Gasteiger partial charge < -0.3 is 19.3 Å². The van der Waals surface area contributed by atoms with Crippen LogP contribution in [0.15, 0.2) is 48.5 Å². The number of aliphatic hydroxyl groups is 1. The summed E-state index contributed by atoms with van der Waals surface area (Å²) in [7, 11) is 3.21. The van der Waals surface area contributed by atoms with E-state index in [-0.39, 0.29) is 0 Å². The Morgan fingerprint density at radius 2 is 1.65 bits per heavy atom. The first-order valence-electron chi connectivity index (χ1n) is 7.18. The zero-order valence-corrected chi connectivity index (χ0v) is 14.7. The number of methoxy groups -OCH3 is 1. The van der Waals surface area contributed by atoms with Gasteiger partial charge in [0.25, 0.3) is 7.37 Å². The van der Waals surface area contributed by atoms with Crippen LogP contribution in [-0.2, 0) is 9.09 Å². The Morgan fingerprint density at radius 1 is 1.04 bits per heavy atom. The molecular formula is C17H22NO4P. The quantitative estimate of drug-likeness (QED) is 0.823. The summed E-state index contributed by atoms with van der Waals surface area (Å²) in [6.07, 6.45) is 0. The van der Waals surface area contributed by atoms with Crippen molar-refractivity contribution in [3.63, 3.8) is 0 Å². The maximum absolute atomic E-state index is 13.3. The summed E-state index contributed by atoms with van der Waals surface area (Å²) in [5.74, 6) is -0.823. The van der Waals surface area contributed by atoms with Gasteiger partial charge in [-0.15, -0.1) is 0 Å². The fourth-order valence-electron chi connectivity index (χ4n) is 2.37. The van der Waals surface area contributed by atoms with Crippen LogP contribution in [0.2, 0.25) is 0 Å². The number of aliphatic hydroxyl groups excluding tert-OH is 1. The van der Waals surface area contributed by atoms with Gasteiger partial charge in [-0.3, -0.25) is 4.57 Å². The molecule has 0 saturated heterocycles. The van der Waals surface area contributed by atoms with Gasteiger partial charge >= 0.3 is 0 Å². The predicted octanol–water partition coefficient (Wildman–Crippen LogP) is 3.00. The van der Waals surface area contributed by atoms with Crippen molar-refractivity contribution >= 4 is 18.4 Å². The van der Waals surface area contributed by atoms with Crippen LogP contribution >= 0.6 is 7.37 Å². The lowest BCUT2D eigenvalue weighted by atomic mass is 10.2. The minimum Gasteiger partial charge on any atom is -0.496 e. The molecule has 2 rings (SSSR count). The van der Waals surface area contributed by atoms with Gasteiger partial charge in [0, 0.05) is 37.8 Å². The Labute approximate surface area is 136 Å². The first-order chi connectivity index (χ1) is 10.9. The Balaban J connectivity index is 2.45. The highest BCUT2D eigenvalue weighted by atomic mass is 31.2. The maximum atomic E-state index is 13.3. The van der Waals surface area contributed by atoms with E-state index in [2.05, 4.69) is 0 Å². The van der Waals surface area contributed by atoms with Crippen molar-refractivity contribution in [2.24, 2.45) is 0 Å². The third-order valence-corrected chi connectivity index (χ3v) is 6.22. The summed E-state index contributed by atoms with van der Waals surface area (Å²) in [6, 6.07) is 14.1. The number of rotatable bonds is 6. The average Bonchev–Trinajstić information content (AvgIpc) is 2.60. The average molecular weight is 335 g/mol. The van der Waals surface area contributed by atoms with Gasteiger partial charge in [0.05, 0.1) is 7.11 Å². The molecule has 0 unspecified atom stereocenters. The molecule has 124 valence electrons. The van der Waals surface area contributed by atoms with Crippen molar-refractivity contribution in [1.82, 2.24) is 0 Å². The largest absolute Gasteiger partial charge is 0.496 e. The van der Waals surface area contributed by atoms with Crippen LogP contribution in [0.5, 0.6) is 5.75 Å². The highest BCUT2D eigenvalue weighted by Crippen LogP contribution is 2.58. The molecule has 2 atom stereocenters. The van der Waals surface area contributed by atoms with Crippen molar-refractivity contribution < 1.29 is 18.9 Å².